The fourth-order valence-corrected chi connectivity index (χ4v) is 4.09. The molecular formula is C18H21BrN2O4S. The quantitative estimate of drug-likeness (QED) is 0.691. The van der Waals surface area contributed by atoms with Crippen molar-refractivity contribution in [3.05, 3.63) is 58.1 Å². The van der Waals surface area contributed by atoms with E-state index in [9.17, 15) is 13.2 Å². The molecule has 8 heteroatoms. The Hall–Kier alpha value is -1.90. The number of nitrogens with one attached hydrogen (secondary N) is 2. The van der Waals surface area contributed by atoms with E-state index in [1.807, 2.05) is 31.2 Å². The fourth-order valence-electron chi connectivity index (χ4n) is 2.43. The molecule has 0 spiro atoms. The Labute approximate surface area is 162 Å². The maximum Gasteiger partial charge on any atom is 0.251 e. The number of ether oxygens (including phenoxy) is 1. The van der Waals surface area contributed by atoms with Crippen molar-refractivity contribution >= 4 is 31.9 Å². The lowest BCUT2D eigenvalue weighted by molar-refractivity contribution is 0.0939. The zero-order valence-corrected chi connectivity index (χ0v) is 17.1. The lowest BCUT2D eigenvalue weighted by Gasteiger charge is -2.16. The maximum absolute atomic E-state index is 12.6. The molecule has 0 saturated carbocycles. The van der Waals surface area contributed by atoms with Crippen molar-refractivity contribution in [1.29, 1.82) is 0 Å². The minimum Gasteiger partial charge on any atom is -0.495 e. The molecule has 2 N–H and O–H groups in total. The number of benzene rings is 2. The van der Waals surface area contributed by atoms with Crippen LogP contribution in [0.15, 0.2) is 51.8 Å². The van der Waals surface area contributed by atoms with Gasteiger partial charge in [-0.25, -0.2) is 13.1 Å². The van der Waals surface area contributed by atoms with E-state index in [0.717, 1.165) is 10.0 Å². The summed E-state index contributed by atoms with van der Waals surface area (Å²) in [5.74, 6) is -0.185. The lowest BCUT2D eigenvalue weighted by Crippen LogP contribution is -2.28. The van der Waals surface area contributed by atoms with Crippen LogP contribution in [0.4, 0.5) is 0 Å². The molecule has 1 atom stereocenters. The van der Waals surface area contributed by atoms with Crippen LogP contribution < -0.4 is 14.8 Å². The highest BCUT2D eigenvalue weighted by atomic mass is 79.9. The van der Waals surface area contributed by atoms with Crippen molar-refractivity contribution in [2.75, 3.05) is 13.7 Å². The number of halogens is 1. The van der Waals surface area contributed by atoms with Gasteiger partial charge in [0.25, 0.3) is 5.91 Å². The van der Waals surface area contributed by atoms with Gasteiger partial charge in [-0.05, 0) is 42.8 Å². The van der Waals surface area contributed by atoms with Gasteiger partial charge in [-0.15, -0.1) is 0 Å². The maximum atomic E-state index is 12.6. The molecule has 0 aromatic heterocycles. The first-order valence-electron chi connectivity index (χ1n) is 8.02. The molecule has 0 aliphatic heterocycles. The molecule has 0 bridgehead atoms. The number of amides is 1. The zero-order chi connectivity index (χ0) is 19.3. The standard InChI is InChI=1S/C18H21BrN2O4S/c1-4-20-26(23,24)17-11-14(8-9-16(17)25-3)18(22)21-12(2)13-6-5-7-15(19)10-13/h5-12,20H,4H2,1-3H3,(H,21,22). The minimum absolute atomic E-state index is 0.0652. The molecular weight excluding hydrogens is 420 g/mol. The Bertz CT molecular complexity index is 900. The third kappa shape index (κ3) is 4.84. The summed E-state index contributed by atoms with van der Waals surface area (Å²) >= 11 is 3.40. The van der Waals surface area contributed by atoms with Crippen LogP contribution in [0, 0.1) is 0 Å². The van der Waals surface area contributed by atoms with Crippen LogP contribution in [-0.4, -0.2) is 28.0 Å². The highest BCUT2D eigenvalue weighted by molar-refractivity contribution is 9.10. The predicted octanol–water partition coefficient (Wildman–Crippen LogP) is 3.25. The molecule has 2 rings (SSSR count). The highest BCUT2D eigenvalue weighted by Crippen LogP contribution is 2.25. The Morgan fingerprint density at radius 2 is 1.96 bits per heavy atom. The summed E-state index contributed by atoms with van der Waals surface area (Å²) in [5, 5.41) is 2.87. The fraction of sp³-hybridized carbons (Fsp3) is 0.278. The number of hydrogen-bond donors (Lipinski definition) is 2. The van der Waals surface area contributed by atoms with E-state index in [1.165, 1.54) is 25.3 Å². The molecule has 0 aliphatic carbocycles. The molecule has 0 fully saturated rings. The second kappa shape index (κ2) is 8.66. The van der Waals surface area contributed by atoms with Gasteiger partial charge in [-0.1, -0.05) is 35.0 Å². The van der Waals surface area contributed by atoms with E-state index in [4.69, 9.17) is 4.74 Å². The monoisotopic (exact) mass is 440 g/mol. The van der Waals surface area contributed by atoms with Gasteiger partial charge in [-0.2, -0.15) is 0 Å². The summed E-state index contributed by atoms with van der Waals surface area (Å²) in [6, 6.07) is 11.7. The third-order valence-electron chi connectivity index (χ3n) is 3.75. The van der Waals surface area contributed by atoms with Crippen molar-refractivity contribution in [3.8, 4) is 5.75 Å². The van der Waals surface area contributed by atoms with E-state index < -0.39 is 10.0 Å². The van der Waals surface area contributed by atoms with Crippen molar-refractivity contribution in [2.45, 2.75) is 24.8 Å². The van der Waals surface area contributed by atoms with Crippen LogP contribution >= 0.6 is 15.9 Å². The molecule has 0 aliphatic rings. The summed E-state index contributed by atoms with van der Waals surface area (Å²) in [6.45, 7) is 3.78. The molecule has 1 amide bonds. The van der Waals surface area contributed by atoms with Crippen LogP contribution in [0.3, 0.4) is 0 Å². The number of carbonyl (C=O) groups is 1. The SMILES string of the molecule is CCNS(=O)(=O)c1cc(C(=O)NC(C)c2cccc(Br)c2)ccc1OC. The highest BCUT2D eigenvalue weighted by Gasteiger charge is 2.21. The molecule has 0 radical (unpaired) electrons. The van der Waals surface area contributed by atoms with E-state index in [2.05, 4.69) is 26.0 Å². The number of rotatable bonds is 7. The first-order chi connectivity index (χ1) is 12.3. The predicted molar refractivity (Wildman–Crippen MR) is 104 cm³/mol. The molecule has 140 valence electrons. The summed E-state index contributed by atoms with van der Waals surface area (Å²) in [7, 11) is -2.37. The van der Waals surface area contributed by atoms with Gasteiger partial charge in [0.1, 0.15) is 10.6 Å². The molecule has 0 heterocycles. The Morgan fingerprint density at radius 3 is 2.58 bits per heavy atom. The molecule has 1 unspecified atom stereocenters. The topological polar surface area (TPSA) is 84.5 Å². The van der Waals surface area contributed by atoms with Crippen molar-refractivity contribution in [3.63, 3.8) is 0 Å². The smallest absolute Gasteiger partial charge is 0.251 e. The van der Waals surface area contributed by atoms with E-state index in [-0.39, 0.29) is 34.7 Å². The molecule has 2 aromatic rings. The average Bonchev–Trinajstić information content (AvgIpc) is 2.61. The van der Waals surface area contributed by atoms with Crippen LogP contribution in [0.5, 0.6) is 5.75 Å². The summed E-state index contributed by atoms with van der Waals surface area (Å²) in [5.41, 5.74) is 1.17. The van der Waals surface area contributed by atoms with Gasteiger partial charge >= 0.3 is 0 Å². The van der Waals surface area contributed by atoms with Crippen LogP contribution in [0.25, 0.3) is 0 Å². The zero-order valence-electron chi connectivity index (χ0n) is 14.7. The second-order valence-corrected chi connectivity index (χ2v) is 8.27. The van der Waals surface area contributed by atoms with E-state index >= 15 is 0 Å². The molecule has 6 nitrogen and oxygen atoms in total. The molecule has 2 aromatic carbocycles. The first-order valence-corrected chi connectivity index (χ1v) is 10.3. The van der Waals surface area contributed by atoms with Crippen LogP contribution in [0.1, 0.15) is 35.8 Å². The minimum atomic E-state index is -3.76. The second-order valence-electron chi connectivity index (χ2n) is 5.62. The van der Waals surface area contributed by atoms with E-state index in [1.54, 1.807) is 6.92 Å². The van der Waals surface area contributed by atoms with Gasteiger partial charge in [0, 0.05) is 16.6 Å². The van der Waals surface area contributed by atoms with Crippen molar-refractivity contribution in [2.24, 2.45) is 0 Å². The Morgan fingerprint density at radius 1 is 1.23 bits per heavy atom. The summed E-state index contributed by atoms with van der Waals surface area (Å²) in [6.07, 6.45) is 0. The van der Waals surface area contributed by atoms with Crippen molar-refractivity contribution in [1.82, 2.24) is 10.0 Å². The molecule has 0 saturated heterocycles. The normalized spacial score (nSPS) is 12.5. The van der Waals surface area contributed by atoms with Gasteiger partial charge in [0.15, 0.2) is 0 Å². The average molecular weight is 441 g/mol. The molecule has 26 heavy (non-hydrogen) atoms. The summed E-state index contributed by atoms with van der Waals surface area (Å²) in [4.78, 5) is 12.5. The summed E-state index contributed by atoms with van der Waals surface area (Å²) < 4.78 is 33.1. The number of methoxy groups -OCH3 is 1. The van der Waals surface area contributed by atoms with Crippen LogP contribution in [0.2, 0.25) is 0 Å². The van der Waals surface area contributed by atoms with Gasteiger partial charge in [0.05, 0.1) is 13.2 Å². The Kier molecular flexibility index (Phi) is 6.80. The third-order valence-corrected chi connectivity index (χ3v) is 5.81. The first kappa shape index (κ1) is 20.4. The van der Waals surface area contributed by atoms with Gasteiger partial charge in [-0.3, -0.25) is 4.79 Å². The number of hydrogen-bond acceptors (Lipinski definition) is 4. The van der Waals surface area contributed by atoms with Crippen LogP contribution in [-0.2, 0) is 10.0 Å². The largest absolute Gasteiger partial charge is 0.495 e. The number of carbonyl (C=O) groups excluding carboxylic acids is 1. The number of sulfonamides is 1. The lowest BCUT2D eigenvalue weighted by atomic mass is 10.1. The van der Waals surface area contributed by atoms with Gasteiger partial charge in [0.2, 0.25) is 10.0 Å². The van der Waals surface area contributed by atoms with E-state index in [0.29, 0.717) is 0 Å². The van der Waals surface area contributed by atoms with Gasteiger partial charge < -0.3 is 10.1 Å². The van der Waals surface area contributed by atoms with Crippen molar-refractivity contribution < 1.29 is 17.9 Å². The Balaban J connectivity index is 2.29.